The summed E-state index contributed by atoms with van der Waals surface area (Å²) in [5, 5.41) is 1.17. The lowest BCUT2D eigenvalue weighted by Gasteiger charge is -2.27. The molecule has 0 saturated heterocycles. The molecule has 0 saturated carbocycles. The Morgan fingerprint density at radius 3 is 1.92 bits per heavy atom. The number of hydrogen-bond acceptors (Lipinski definition) is 2. The molecule has 0 aromatic heterocycles. The minimum atomic E-state index is -2.07. The fraction of sp³-hybridized carbons (Fsp3) is 0.800. The molecule has 0 atom stereocenters. The highest BCUT2D eigenvalue weighted by Gasteiger charge is 2.33. The Bertz CT molecular complexity index is 151. The van der Waals surface area contributed by atoms with E-state index in [-0.39, 0.29) is 0 Å². The molecule has 0 amide bonds. The van der Waals surface area contributed by atoms with Crippen LogP contribution in [0.5, 0.6) is 0 Å². The van der Waals surface area contributed by atoms with Crippen LogP contribution in [0, 0.1) is 0 Å². The van der Waals surface area contributed by atoms with Crippen LogP contribution in [0.4, 0.5) is 0 Å². The highest BCUT2D eigenvalue weighted by atomic mass is 28.4. The molecule has 0 aromatic carbocycles. The molecular formula is C10H22O2Si. The first-order valence-electron chi connectivity index (χ1n) is 5.06. The first-order valence-corrected chi connectivity index (χ1v) is 7.38. The highest BCUT2D eigenvalue weighted by Crippen LogP contribution is 2.20. The van der Waals surface area contributed by atoms with E-state index in [2.05, 4.69) is 20.0 Å². The Balaban J connectivity index is 4.27. The molecule has 0 aliphatic carbocycles. The number of hydrogen-bond donors (Lipinski definition) is 0. The second-order valence-electron chi connectivity index (χ2n) is 3.17. The van der Waals surface area contributed by atoms with E-state index < -0.39 is 8.56 Å². The van der Waals surface area contributed by atoms with Crippen molar-refractivity contribution >= 4 is 8.56 Å². The molecule has 0 aliphatic heterocycles. The van der Waals surface area contributed by atoms with Gasteiger partial charge in [0.15, 0.2) is 0 Å². The molecule has 0 N–H and O–H groups in total. The van der Waals surface area contributed by atoms with Gasteiger partial charge in [-0.2, -0.15) is 0 Å². The van der Waals surface area contributed by atoms with E-state index in [1.165, 1.54) is 5.20 Å². The van der Waals surface area contributed by atoms with Gasteiger partial charge in [0.25, 0.3) is 0 Å². The van der Waals surface area contributed by atoms with Crippen LogP contribution in [-0.4, -0.2) is 21.8 Å². The Labute approximate surface area is 83.2 Å². The fourth-order valence-corrected chi connectivity index (χ4v) is 3.62. The van der Waals surface area contributed by atoms with E-state index >= 15 is 0 Å². The number of allylic oxidation sites excluding steroid dienone is 1. The van der Waals surface area contributed by atoms with Gasteiger partial charge in [-0.3, -0.25) is 0 Å². The lowest BCUT2D eigenvalue weighted by atomic mass is 10.3. The minimum absolute atomic E-state index is 0.714. The van der Waals surface area contributed by atoms with Gasteiger partial charge in [-0.05, 0) is 32.0 Å². The first kappa shape index (κ1) is 12.9. The summed E-state index contributed by atoms with van der Waals surface area (Å²) in [5.41, 5.74) is 0. The van der Waals surface area contributed by atoms with Crippen LogP contribution in [-0.2, 0) is 8.85 Å². The Hall–Kier alpha value is -0.123. The monoisotopic (exact) mass is 202 g/mol. The quantitative estimate of drug-likeness (QED) is 0.591. The van der Waals surface area contributed by atoms with E-state index in [4.69, 9.17) is 8.85 Å². The van der Waals surface area contributed by atoms with E-state index in [9.17, 15) is 0 Å². The van der Waals surface area contributed by atoms with E-state index in [0.717, 1.165) is 12.8 Å². The fourth-order valence-electron chi connectivity index (χ4n) is 1.33. The molecule has 0 aliphatic rings. The molecule has 0 unspecified atom stereocenters. The molecule has 0 radical (unpaired) electrons. The van der Waals surface area contributed by atoms with Crippen LogP contribution in [0.3, 0.4) is 0 Å². The van der Waals surface area contributed by atoms with Crippen molar-refractivity contribution < 1.29 is 8.85 Å². The largest absolute Gasteiger partial charge is 0.392 e. The molecule has 2 nitrogen and oxygen atoms in total. The summed E-state index contributed by atoms with van der Waals surface area (Å²) in [6.07, 6.45) is 2.13. The molecule has 3 heteroatoms. The topological polar surface area (TPSA) is 18.5 Å². The van der Waals surface area contributed by atoms with Crippen molar-refractivity contribution in [1.82, 2.24) is 0 Å². The van der Waals surface area contributed by atoms with Crippen molar-refractivity contribution in [2.45, 2.75) is 40.2 Å². The van der Waals surface area contributed by atoms with Gasteiger partial charge in [0.1, 0.15) is 0 Å². The van der Waals surface area contributed by atoms with Crippen molar-refractivity contribution in [2.24, 2.45) is 0 Å². The van der Waals surface area contributed by atoms with Gasteiger partial charge >= 0.3 is 8.56 Å². The predicted molar refractivity (Wildman–Crippen MR) is 58.9 cm³/mol. The molecule has 0 spiro atoms. The molecule has 78 valence electrons. The van der Waals surface area contributed by atoms with Crippen LogP contribution in [0.15, 0.2) is 11.8 Å². The maximum absolute atomic E-state index is 5.70. The van der Waals surface area contributed by atoms with Gasteiger partial charge in [-0.15, -0.1) is 0 Å². The van der Waals surface area contributed by atoms with Gasteiger partial charge in [0.2, 0.25) is 0 Å². The average molecular weight is 202 g/mol. The summed E-state index contributed by atoms with van der Waals surface area (Å²) < 4.78 is 11.4. The zero-order valence-corrected chi connectivity index (χ0v) is 10.4. The Morgan fingerprint density at radius 1 is 1.15 bits per heavy atom. The maximum atomic E-state index is 5.70. The molecule has 0 fully saturated rings. The van der Waals surface area contributed by atoms with E-state index in [1.54, 1.807) is 0 Å². The zero-order valence-electron chi connectivity index (χ0n) is 9.35. The standard InChI is InChI=1S/C10H22O2Si/c1-6-9-10(4)13(5,11-7-2)12-8-3/h4,6-9H2,1-3,5H3. The van der Waals surface area contributed by atoms with Crippen LogP contribution >= 0.6 is 0 Å². The average Bonchev–Trinajstić information content (AvgIpc) is 2.05. The molecule has 0 aromatic rings. The summed E-state index contributed by atoms with van der Waals surface area (Å²) in [6, 6.07) is 0. The maximum Gasteiger partial charge on any atom is 0.364 e. The Morgan fingerprint density at radius 2 is 1.62 bits per heavy atom. The van der Waals surface area contributed by atoms with Gasteiger partial charge < -0.3 is 8.85 Å². The van der Waals surface area contributed by atoms with Gasteiger partial charge in [0.05, 0.1) is 0 Å². The SMILES string of the molecule is C=C(CCC)[Si](C)(OCC)OCC. The summed E-state index contributed by atoms with van der Waals surface area (Å²) >= 11 is 0. The van der Waals surface area contributed by atoms with Crippen LogP contribution in [0.2, 0.25) is 6.55 Å². The summed E-state index contributed by atoms with van der Waals surface area (Å²) in [5.74, 6) is 0. The first-order chi connectivity index (χ1) is 6.10. The van der Waals surface area contributed by atoms with Gasteiger partial charge in [0, 0.05) is 13.2 Å². The minimum Gasteiger partial charge on any atom is -0.392 e. The van der Waals surface area contributed by atoms with Crippen LogP contribution < -0.4 is 0 Å². The lowest BCUT2D eigenvalue weighted by molar-refractivity contribution is 0.196. The highest BCUT2D eigenvalue weighted by molar-refractivity contribution is 6.73. The van der Waals surface area contributed by atoms with Crippen molar-refractivity contribution in [3.05, 3.63) is 11.8 Å². The Kier molecular flexibility index (Phi) is 6.29. The third-order valence-electron chi connectivity index (χ3n) is 2.03. The normalized spacial score (nSPS) is 11.7. The molecule has 0 rings (SSSR count). The third kappa shape index (κ3) is 4.07. The van der Waals surface area contributed by atoms with E-state index in [0.29, 0.717) is 13.2 Å². The summed E-state index contributed by atoms with van der Waals surface area (Å²) in [4.78, 5) is 0. The van der Waals surface area contributed by atoms with Gasteiger partial charge in [-0.25, -0.2) is 0 Å². The van der Waals surface area contributed by atoms with Crippen molar-refractivity contribution in [3.8, 4) is 0 Å². The van der Waals surface area contributed by atoms with Crippen LogP contribution in [0.25, 0.3) is 0 Å². The smallest absolute Gasteiger partial charge is 0.364 e. The van der Waals surface area contributed by atoms with Gasteiger partial charge in [-0.1, -0.05) is 19.9 Å². The van der Waals surface area contributed by atoms with Crippen molar-refractivity contribution in [1.29, 1.82) is 0 Å². The second-order valence-corrected chi connectivity index (χ2v) is 6.34. The zero-order chi connectivity index (χ0) is 10.3. The lowest BCUT2D eigenvalue weighted by Crippen LogP contribution is -2.41. The summed E-state index contributed by atoms with van der Waals surface area (Å²) in [6.45, 7) is 13.7. The van der Waals surface area contributed by atoms with E-state index in [1.807, 2.05) is 13.8 Å². The third-order valence-corrected chi connectivity index (χ3v) is 5.25. The molecular weight excluding hydrogens is 180 g/mol. The van der Waals surface area contributed by atoms with Crippen LogP contribution in [0.1, 0.15) is 33.6 Å². The molecule has 13 heavy (non-hydrogen) atoms. The van der Waals surface area contributed by atoms with Crippen molar-refractivity contribution in [3.63, 3.8) is 0 Å². The molecule has 0 bridgehead atoms. The van der Waals surface area contributed by atoms with Crippen molar-refractivity contribution in [2.75, 3.05) is 13.2 Å². The second kappa shape index (κ2) is 6.35. The molecule has 0 heterocycles. The predicted octanol–water partition coefficient (Wildman–Crippen LogP) is 3.03. The number of rotatable bonds is 7. The summed E-state index contributed by atoms with van der Waals surface area (Å²) in [7, 11) is -2.07.